The summed E-state index contributed by atoms with van der Waals surface area (Å²) in [4.78, 5) is 0. The molecule has 0 radical (unpaired) electrons. The number of hydrogen-bond donors (Lipinski definition) is 0. The highest BCUT2D eigenvalue weighted by Gasteiger charge is 2.09. The molecule has 0 atom stereocenters. The van der Waals surface area contributed by atoms with Crippen LogP contribution in [0.15, 0.2) is 52.7 Å². The van der Waals surface area contributed by atoms with Gasteiger partial charge in [-0.1, -0.05) is 42.5 Å². The Bertz CT molecular complexity index is 562. The fraction of sp³-hybridized carbons (Fsp3) is 0.0769. The van der Waals surface area contributed by atoms with Gasteiger partial charge in [0.1, 0.15) is 0 Å². The number of fused-ring (bicyclic) bond motifs is 1. The van der Waals surface area contributed by atoms with Crippen molar-refractivity contribution in [2.45, 2.75) is 6.42 Å². The molecule has 0 aromatic heterocycles. The molecule has 0 saturated heterocycles. The molecular weight excluding hydrogens is 184 g/mol. The lowest BCUT2D eigenvalue weighted by Gasteiger charge is -2.04. The summed E-state index contributed by atoms with van der Waals surface area (Å²) < 4.78 is 0. The summed E-state index contributed by atoms with van der Waals surface area (Å²) in [7, 11) is 0. The maximum Gasteiger partial charge on any atom is 0.0762 e. The third-order valence-electron chi connectivity index (χ3n) is 2.65. The third kappa shape index (κ3) is 1.34. The second kappa shape index (κ2) is 3.31. The molecule has 0 amide bonds. The molecule has 1 heterocycles. The smallest absolute Gasteiger partial charge is 0.0762 e. The summed E-state index contributed by atoms with van der Waals surface area (Å²) >= 11 is 0. The van der Waals surface area contributed by atoms with Crippen LogP contribution in [0.2, 0.25) is 0 Å². The maximum absolute atomic E-state index is 4.14. The molecule has 0 saturated carbocycles. The zero-order valence-electron chi connectivity index (χ0n) is 8.22. The van der Waals surface area contributed by atoms with Gasteiger partial charge < -0.3 is 0 Å². The van der Waals surface area contributed by atoms with E-state index < -0.39 is 0 Å². The van der Waals surface area contributed by atoms with Crippen molar-refractivity contribution in [3.63, 3.8) is 0 Å². The minimum atomic E-state index is 0.841. The third-order valence-corrected chi connectivity index (χ3v) is 2.65. The molecule has 0 aliphatic carbocycles. The fourth-order valence-electron chi connectivity index (χ4n) is 1.92. The highest BCUT2D eigenvalue weighted by atomic mass is 15.2. The highest BCUT2D eigenvalue weighted by Crippen LogP contribution is 2.21. The van der Waals surface area contributed by atoms with Crippen molar-refractivity contribution in [1.29, 1.82) is 0 Å². The first-order chi connectivity index (χ1) is 7.45. The number of hydrogen-bond acceptors (Lipinski definition) is 2. The summed E-state index contributed by atoms with van der Waals surface area (Å²) in [6.45, 7) is 0. The minimum Gasteiger partial charge on any atom is -0.163 e. The van der Waals surface area contributed by atoms with Gasteiger partial charge in [0.2, 0.25) is 0 Å². The molecule has 0 bridgehead atoms. The quantitative estimate of drug-likeness (QED) is 0.666. The van der Waals surface area contributed by atoms with E-state index >= 15 is 0 Å². The second-order valence-electron chi connectivity index (χ2n) is 3.58. The molecule has 2 aromatic rings. The molecule has 0 fully saturated rings. The van der Waals surface area contributed by atoms with Crippen LogP contribution >= 0.6 is 0 Å². The van der Waals surface area contributed by atoms with Gasteiger partial charge >= 0.3 is 0 Å². The van der Waals surface area contributed by atoms with Crippen LogP contribution in [-0.2, 0) is 0 Å². The van der Waals surface area contributed by atoms with E-state index in [9.17, 15) is 0 Å². The standard InChI is InChI=1S/C13H10N2/c1-2-6-11-10(4-1)5-3-7-12(11)13-8-9-14-15-13/h1-7,9H,8H2. The van der Waals surface area contributed by atoms with Crippen LogP contribution < -0.4 is 0 Å². The van der Waals surface area contributed by atoms with E-state index in [1.54, 1.807) is 0 Å². The summed E-state index contributed by atoms with van der Waals surface area (Å²) in [5.41, 5.74) is 2.26. The van der Waals surface area contributed by atoms with E-state index in [0.717, 1.165) is 12.1 Å². The zero-order chi connectivity index (χ0) is 10.1. The van der Waals surface area contributed by atoms with E-state index in [1.807, 2.05) is 6.21 Å². The molecular formula is C13H10N2. The molecule has 0 unspecified atom stereocenters. The number of nitrogens with zero attached hydrogens (tertiary/aromatic N) is 2. The molecule has 3 rings (SSSR count). The number of rotatable bonds is 1. The van der Waals surface area contributed by atoms with Crippen LogP contribution in [0.5, 0.6) is 0 Å². The first-order valence-corrected chi connectivity index (χ1v) is 5.01. The Hall–Kier alpha value is -1.96. The lowest BCUT2D eigenvalue weighted by molar-refractivity contribution is 1.28. The molecule has 0 spiro atoms. The van der Waals surface area contributed by atoms with Crippen molar-refractivity contribution < 1.29 is 0 Å². The van der Waals surface area contributed by atoms with Crippen LogP contribution in [0, 0.1) is 0 Å². The van der Waals surface area contributed by atoms with Crippen molar-refractivity contribution in [1.82, 2.24) is 0 Å². The zero-order valence-corrected chi connectivity index (χ0v) is 8.22. The SMILES string of the molecule is C1=NN=C(c2cccc3ccccc23)C1. The monoisotopic (exact) mass is 194 g/mol. The normalized spacial score (nSPS) is 14.5. The Kier molecular flexibility index (Phi) is 1.85. The lowest BCUT2D eigenvalue weighted by atomic mass is 10.00. The Morgan fingerprint density at radius 3 is 2.67 bits per heavy atom. The van der Waals surface area contributed by atoms with Gasteiger partial charge in [0, 0.05) is 18.2 Å². The van der Waals surface area contributed by atoms with Crippen molar-refractivity contribution >= 4 is 22.7 Å². The van der Waals surface area contributed by atoms with Crippen molar-refractivity contribution in [3.05, 3.63) is 48.0 Å². The summed E-state index contributed by atoms with van der Waals surface area (Å²) in [5, 5.41) is 10.6. The highest BCUT2D eigenvalue weighted by molar-refractivity contribution is 6.16. The molecule has 0 N–H and O–H groups in total. The van der Waals surface area contributed by atoms with Crippen LogP contribution in [-0.4, -0.2) is 11.9 Å². The van der Waals surface area contributed by atoms with Crippen LogP contribution in [0.4, 0.5) is 0 Å². The molecule has 2 heteroatoms. The van der Waals surface area contributed by atoms with E-state index in [0.29, 0.717) is 0 Å². The Balaban J connectivity index is 2.26. The maximum atomic E-state index is 4.14. The van der Waals surface area contributed by atoms with Gasteiger partial charge in [0.25, 0.3) is 0 Å². The van der Waals surface area contributed by atoms with E-state index in [4.69, 9.17) is 0 Å². The van der Waals surface area contributed by atoms with Crippen molar-refractivity contribution in [3.8, 4) is 0 Å². The number of benzene rings is 2. The average molecular weight is 194 g/mol. The predicted molar refractivity (Wildman–Crippen MR) is 63.6 cm³/mol. The van der Waals surface area contributed by atoms with Crippen molar-refractivity contribution in [2.24, 2.45) is 10.2 Å². The summed E-state index contributed by atoms with van der Waals surface area (Å²) in [6, 6.07) is 14.7. The molecule has 2 nitrogen and oxygen atoms in total. The average Bonchev–Trinajstić information content (AvgIpc) is 2.82. The lowest BCUT2D eigenvalue weighted by Crippen LogP contribution is -1.98. The Labute approximate surface area is 88.0 Å². The van der Waals surface area contributed by atoms with Gasteiger partial charge in [-0.15, -0.1) is 0 Å². The molecule has 72 valence electrons. The second-order valence-corrected chi connectivity index (χ2v) is 3.58. The Morgan fingerprint density at radius 2 is 1.80 bits per heavy atom. The van der Waals surface area contributed by atoms with Gasteiger partial charge in [-0.3, -0.25) is 0 Å². The van der Waals surface area contributed by atoms with E-state index in [2.05, 4.69) is 52.7 Å². The Morgan fingerprint density at radius 1 is 0.933 bits per heavy atom. The largest absolute Gasteiger partial charge is 0.163 e. The molecule has 2 aromatic carbocycles. The first kappa shape index (κ1) is 8.36. The van der Waals surface area contributed by atoms with Crippen molar-refractivity contribution in [2.75, 3.05) is 0 Å². The van der Waals surface area contributed by atoms with Crippen LogP contribution in [0.25, 0.3) is 10.8 Å². The minimum absolute atomic E-state index is 0.841. The molecule has 1 aliphatic heterocycles. The molecule has 1 aliphatic rings. The first-order valence-electron chi connectivity index (χ1n) is 5.01. The summed E-state index contributed by atoms with van der Waals surface area (Å²) in [6.07, 6.45) is 2.69. The van der Waals surface area contributed by atoms with Gasteiger partial charge in [-0.2, -0.15) is 10.2 Å². The van der Waals surface area contributed by atoms with Gasteiger partial charge in [0.05, 0.1) is 5.71 Å². The van der Waals surface area contributed by atoms with Gasteiger partial charge in [-0.05, 0) is 10.8 Å². The van der Waals surface area contributed by atoms with Crippen LogP contribution in [0.3, 0.4) is 0 Å². The van der Waals surface area contributed by atoms with E-state index in [1.165, 1.54) is 16.3 Å². The molecule has 15 heavy (non-hydrogen) atoms. The predicted octanol–water partition coefficient (Wildman–Crippen LogP) is 3.02. The van der Waals surface area contributed by atoms with Gasteiger partial charge in [-0.25, -0.2) is 0 Å². The fourth-order valence-corrected chi connectivity index (χ4v) is 1.92. The van der Waals surface area contributed by atoms with Crippen LogP contribution in [0.1, 0.15) is 12.0 Å². The topological polar surface area (TPSA) is 24.7 Å². The van der Waals surface area contributed by atoms with E-state index in [-0.39, 0.29) is 0 Å². The summed E-state index contributed by atoms with van der Waals surface area (Å²) in [5.74, 6) is 0. The van der Waals surface area contributed by atoms with Gasteiger partial charge in [0.15, 0.2) is 0 Å².